The molecule has 0 radical (unpaired) electrons. The van der Waals surface area contributed by atoms with Crippen molar-refractivity contribution >= 4 is 5.69 Å². The highest BCUT2D eigenvalue weighted by Gasteiger charge is 1.88. The number of hydrogen-bond donors (Lipinski definition) is 2. The van der Waals surface area contributed by atoms with Crippen molar-refractivity contribution in [1.29, 1.82) is 0 Å². The van der Waals surface area contributed by atoms with Gasteiger partial charge in [-0.1, -0.05) is 18.2 Å². The number of aliphatic hydroxyl groups is 1. The lowest BCUT2D eigenvalue weighted by atomic mass is 10.3. The molecule has 0 saturated heterocycles. The Balaban J connectivity index is 2.16. The van der Waals surface area contributed by atoms with Gasteiger partial charge in [0.05, 0.1) is 12.3 Å². The summed E-state index contributed by atoms with van der Waals surface area (Å²) < 4.78 is 0. The molecule has 1 aromatic carbocycles. The van der Waals surface area contributed by atoms with Gasteiger partial charge in [0.2, 0.25) is 0 Å². The Labute approximate surface area is 71.9 Å². The fraction of sp³-hybridized carbons (Fsp3) is 0.333. The number of benzene rings is 1. The van der Waals surface area contributed by atoms with Crippen LogP contribution < -0.4 is 5.48 Å². The molecule has 0 bridgehead atoms. The van der Waals surface area contributed by atoms with E-state index in [2.05, 4.69) is 5.48 Å². The zero-order valence-corrected chi connectivity index (χ0v) is 6.86. The van der Waals surface area contributed by atoms with E-state index in [0.717, 1.165) is 5.69 Å². The van der Waals surface area contributed by atoms with Crippen molar-refractivity contribution in [3.8, 4) is 0 Å². The maximum Gasteiger partial charge on any atom is 0.0767 e. The first-order chi connectivity index (χ1) is 5.93. The molecule has 2 N–H and O–H groups in total. The minimum atomic E-state index is 0.163. The molecule has 0 spiro atoms. The van der Waals surface area contributed by atoms with Gasteiger partial charge in [0.25, 0.3) is 0 Å². The van der Waals surface area contributed by atoms with Crippen molar-refractivity contribution < 1.29 is 9.94 Å². The molecule has 66 valence electrons. The second-order valence-electron chi connectivity index (χ2n) is 2.39. The zero-order chi connectivity index (χ0) is 8.65. The Morgan fingerprint density at radius 1 is 1.25 bits per heavy atom. The van der Waals surface area contributed by atoms with Crippen LogP contribution in [-0.2, 0) is 4.84 Å². The summed E-state index contributed by atoms with van der Waals surface area (Å²) in [6, 6.07) is 9.63. The van der Waals surface area contributed by atoms with Gasteiger partial charge >= 0.3 is 0 Å². The van der Waals surface area contributed by atoms with Crippen molar-refractivity contribution in [2.75, 3.05) is 18.7 Å². The lowest BCUT2D eigenvalue weighted by molar-refractivity contribution is 0.163. The van der Waals surface area contributed by atoms with Crippen LogP contribution in [0.4, 0.5) is 5.69 Å². The molecule has 1 rings (SSSR count). The molecule has 0 aliphatic rings. The second kappa shape index (κ2) is 5.57. The lowest BCUT2D eigenvalue weighted by Crippen LogP contribution is -2.03. The molecule has 0 saturated carbocycles. The van der Waals surface area contributed by atoms with E-state index in [1.54, 1.807) is 0 Å². The fourth-order valence-electron chi connectivity index (χ4n) is 0.777. The van der Waals surface area contributed by atoms with Crippen LogP contribution in [0.5, 0.6) is 0 Å². The number of aliphatic hydroxyl groups excluding tert-OH is 1. The number of para-hydroxylation sites is 1. The first-order valence-corrected chi connectivity index (χ1v) is 3.97. The molecule has 12 heavy (non-hydrogen) atoms. The largest absolute Gasteiger partial charge is 0.396 e. The molecule has 0 fully saturated rings. The Morgan fingerprint density at radius 3 is 2.67 bits per heavy atom. The maximum atomic E-state index is 8.46. The topological polar surface area (TPSA) is 41.5 Å². The van der Waals surface area contributed by atoms with Crippen molar-refractivity contribution in [1.82, 2.24) is 0 Å². The minimum Gasteiger partial charge on any atom is -0.396 e. The predicted molar refractivity (Wildman–Crippen MR) is 47.7 cm³/mol. The van der Waals surface area contributed by atoms with Crippen LogP contribution in [0, 0.1) is 0 Å². The summed E-state index contributed by atoms with van der Waals surface area (Å²) in [5.74, 6) is 0. The summed E-state index contributed by atoms with van der Waals surface area (Å²) in [6.07, 6.45) is 0.653. The van der Waals surface area contributed by atoms with E-state index < -0.39 is 0 Å². The van der Waals surface area contributed by atoms with E-state index >= 15 is 0 Å². The van der Waals surface area contributed by atoms with E-state index in [-0.39, 0.29) is 6.61 Å². The highest BCUT2D eigenvalue weighted by atomic mass is 16.6. The maximum absolute atomic E-state index is 8.46. The number of nitrogens with one attached hydrogen (secondary N) is 1. The molecular formula is C9H13NO2. The summed E-state index contributed by atoms with van der Waals surface area (Å²) in [5, 5.41) is 8.46. The summed E-state index contributed by atoms with van der Waals surface area (Å²) in [7, 11) is 0. The first kappa shape index (κ1) is 9.03. The lowest BCUT2D eigenvalue weighted by Gasteiger charge is -2.04. The third-order valence-electron chi connectivity index (χ3n) is 1.37. The molecule has 1 aromatic rings. The molecule has 0 amide bonds. The quantitative estimate of drug-likeness (QED) is 0.514. The van der Waals surface area contributed by atoms with Crippen LogP contribution in [0.25, 0.3) is 0 Å². The predicted octanol–water partition coefficient (Wildman–Crippen LogP) is 1.41. The van der Waals surface area contributed by atoms with Gasteiger partial charge in [-0.2, -0.15) is 0 Å². The van der Waals surface area contributed by atoms with Crippen LogP contribution >= 0.6 is 0 Å². The molecule has 0 unspecified atom stereocenters. The fourth-order valence-corrected chi connectivity index (χ4v) is 0.777. The zero-order valence-electron chi connectivity index (χ0n) is 6.86. The van der Waals surface area contributed by atoms with Gasteiger partial charge in [0.15, 0.2) is 0 Å². The summed E-state index contributed by atoms with van der Waals surface area (Å²) >= 11 is 0. The molecule has 3 nitrogen and oxygen atoms in total. The number of rotatable bonds is 5. The van der Waals surface area contributed by atoms with Gasteiger partial charge in [-0.15, -0.1) is 0 Å². The molecule has 0 aliphatic heterocycles. The summed E-state index contributed by atoms with van der Waals surface area (Å²) in [5.41, 5.74) is 3.69. The van der Waals surface area contributed by atoms with Crippen molar-refractivity contribution in [2.45, 2.75) is 6.42 Å². The average molecular weight is 167 g/mol. The molecular weight excluding hydrogens is 154 g/mol. The van der Waals surface area contributed by atoms with Gasteiger partial charge < -0.3 is 5.11 Å². The van der Waals surface area contributed by atoms with Gasteiger partial charge in [0.1, 0.15) is 0 Å². The first-order valence-electron chi connectivity index (χ1n) is 3.97. The average Bonchev–Trinajstić information content (AvgIpc) is 2.14. The van der Waals surface area contributed by atoms with E-state index in [1.165, 1.54) is 0 Å². The van der Waals surface area contributed by atoms with Crippen LogP contribution in [-0.4, -0.2) is 18.3 Å². The van der Waals surface area contributed by atoms with E-state index in [4.69, 9.17) is 9.94 Å². The molecule has 0 aromatic heterocycles. The smallest absolute Gasteiger partial charge is 0.0767 e. The van der Waals surface area contributed by atoms with Crippen molar-refractivity contribution in [2.24, 2.45) is 0 Å². The SMILES string of the molecule is OCCCONc1ccccc1. The second-order valence-corrected chi connectivity index (χ2v) is 2.39. The normalized spacial score (nSPS) is 9.75. The third-order valence-corrected chi connectivity index (χ3v) is 1.37. The van der Waals surface area contributed by atoms with Crippen molar-refractivity contribution in [3.05, 3.63) is 30.3 Å². The van der Waals surface area contributed by atoms with E-state index in [0.29, 0.717) is 13.0 Å². The van der Waals surface area contributed by atoms with Gasteiger partial charge in [-0.3, -0.25) is 10.3 Å². The Bertz CT molecular complexity index is 201. The monoisotopic (exact) mass is 167 g/mol. The van der Waals surface area contributed by atoms with E-state index in [9.17, 15) is 0 Å². The van der Waals surface area contributed by atoms with Crippen LogP contribution in [0.2, 0.25) is 0 Å². The highest BCUT2D eigenvalue weighted by molar-refractivity contribution is 5.39. The highest BCUT2D eigenvalue weighted by Crippen LogP contribution is 2.04. The Hall–Kier alpha value is -1.06. The molecule has 0 atom stereocenters. The van der Waals surface area contributed by atoms with Crippen LogP contribution in [0.3, 0.4) is 0 Å². The molecule has 3 heteroatoms. The van der Waals surface area contributed by atoms with Gasteiger partial charge in [-0.25, -0.2) is 0 Å². The molecule has 0 heterocycles. The Kier molecular flexibility index (Phi) is 4.19. The third kappa shape index (κ3) is 3.37. The van der Waals surface area contributed by atoms with Crippen molar-refractivity contribution in [3.63, 3.8) is 0 Å². The van der Waals surface area contributed by atoms with Gasteiger partial charge in [-0.05, 0) is 18.6 Å². The Morgan fingerprint density at radius 2 is 2.00 bits per heavy atom. The number of anilines is 1. The minimum absolute atomic E-state index is 0.163. The molecule has 0 aliphatic carbocycles. The van der Waals surface area contributed by atoms with Crippen LogP contribution in [0.1, 0.15) is 6.42 Å². The van der Waals surface area contributed by atoms with Gasteiger partial charge in [0, 0.05) is 6.61 Å². The number of hydrogen-bond acceptors (Lipinski definition) is 3. The summed E-state index contributed by atoms with van der Waals surface area (Å²) in [4.78, 5) is 5.05. The van der Waals surface area contributed by atoms with E-state index in [1.807, 2.05) is 30.3 Å². The summed E-state index contributed by atoms with van der Waals surface area (Å²) in [6.45, 7) is 0.682. The standard InChI is InChI=1S/C9H13NO2/c11-7-4-8-12-10-9-5-2-1-3-6-9/h1-3,5-6,10-11H,4,7-8H2. The van der Waals surface area contributed by atoms with Crippen LogP contribution in [0.15, 0.2) is 30.3 Å².